The van der Waals surface area contributed by atoms with Gasteiger partial charge in [0.2, 0.25) is 5.95 Å². The van der Waals surface area contributed by atoms with Crippen LogP contribution in [0.2, 0.25) is 0 Å². The molecule has 0 aromatic carbocycles. The molecule has 0 radical (unpaired) electrons. The van der Waals surface area contributed by atoms with Gasteiger partial charge in [0.15, 0.2) is 0 Å². The summed E-state index contributed by atoms with van der Waals surface area (Å²) < 4.78 is 0. The number of rotatable bonds is 6. The minimum Gasteiger partial charge on any atom is -0.368 e. The summed E-state index contributed by atoms with van der Waals surface area (Å²) in [5.74, 6) is -0.0463. The van der Waals surface area contributed by atoms with Crippen molar-refractivity contribution in [2.45, 2.75) is 52.5 Å². The first-order valence-corrected chi connectivity index (χ1v) is 6.45. The highest BCUT2D eigenvalue weighted by molar-refractivity contribution is 5.92. The van der Waals surface area contributed by atoms with Gasteiger partial charge in [-0.2, -0.15) is 0 Å². The van der Waals surface area contributed by atoms with Crippen molar-refractivity contribution in [2.75, 3.05) is 5.73 Å². The highest BCUT2D eigenvalue weighted by atomic mass is 16.1. The summed E-state index contributed by atoms with van der Waals surface area (Å²) in [6, 6.07) is 1.80. The summed E-state index contributed by atoms with van der Waals surface area (Å²) in [7, 11) is 0. The van der Waals surface area contributed by atoms with Crippen LogP contribution in [-0.4, -0.2) is 21.9 Å². The van der Waals surface area contributed by atoms with Crippen LogP contribution >= 0.6 is 0 Å². The normalized spacial score (nSPS) is 12.2. The van der Waals surface area contributed by atoms with Crippen LogP contribution in [-0.2, 0) is 0 Å². The molecule has 3 N–H and O–H groups in total. The van der Waals surface area contributed by atoms with Crippen molar-refractivity contribution in [1.29, 1.82) is 0 Å². The molecule has 1 aromatic rings. The molecular weight excluding hydrogens is 228 g/mol. The number of nitrogen functional groups attached to an aromatic ring is 1. The first-order valence-electron chi connectivity index (χ1n) is 6.45. The summed E-state index contributed by atoms with van der Waals surface area (Å²) in [5.41, 5.74) is 6.56. The molecule has 0 aliphatic carbocycles. The number of anilines is 1. The molecule has 1 amide bonds. The minimum atomic E-state index is -0.184. The topological polar surface area (TPSA) is 80.9 Å². The van der Waals surface area contributed by atoms with E-state index in [2.05, 4.69) is 22.2 Å². The van der Waals surface area contributed by atoms with E-state index in [0.717, 1.165) is 12.8 Å². The number of aryl methyl sites for hydroxylation is 1. The zero-order valence-corrected chi connectivity index (χ0v) is 11.4. The lowest BCUT2D eigenvalue weighted by molar-refractivity contribution is 0.0932. The first-order chi connectivity index (χ1) is 8.52. The van der Waals surface area contributed by atoms with Crippen molar-refractivity contribution in [2.24, 2.45) is 0 Å². The lowest BCUT2D eigenvalue weighted by Crippen LogP contribution is -2.33. The minimum absolute atomic E-state index is 0.138. The van der Waals surface area contributed by atoms with Crippen molar-refractivity contribution in [3.8, 4) is 0 Å². The molecule has 5 nitrogen and oxygen atoms in total. The van der Waals surface area contributed by atoms with Crippen LogP contribution in [0.4, 0.5) is 5.95 Å². The molecule has 0 spiro atoms. The Balaban J connectivity index is 2.54. The fourth-order valence-electron chi connectivity index (χ4n) is 1.78. The molecule has 0 aliphatic rings. The average molecular weight is 250 g/mol. The van der Waals surface area contributed by atoms with Gasteiger partial charge in [-0.25, -0.2) is 9.97 Å². The molecule has 0 saturated carbocycles. The Morgan fingerprint density at radius 2 is 2.17 bits per heavy atom. The van der Waals surface area contributed by atoms with Crippen LogP contribution in [0, 0.1) is 6.92 Å². The van der Waals surface area contributed by atoms with Gasteiger partial charge >= 0.3 is 0 Å². The summed E-state index contributed by atoms with van der Waals surface area (Å²) >= 11 is 0. The van der Waals surface area contributed by atoms with E-state index in [-0.39, 0.29) is 17.9 Å². The number of unbranched alkanes of at least 4 members (excludes halogenated alkanes) is 2. The van der Waals surface area contributed by atoms with E-state index in [0.29, 0.717) is 11.4 Å². The lowest BCUT2D eigenvalue weighted by atomic mass is 10.1. The van der Waals surface area contributed by atoms with Gasteiger partial charge < -0.3 is 11.1 Å². The molecule has 18 heavy (non-hydrogen) atoms. The summed E-state index contributed by atoms with van der Waals surface area (Å²) in [6.07, 6.45) is 4.49. The number of hydrogen-bond acceptors (Lipinski definition) is 4. The molecule has 0 fully saturated rings. The lowest BCUT2D eigenvalue weighted by Gasteiger charge is -2.13. The van der Waals surface area contributed by atoms with Crippen LogP contribution in [0.1, 0.15) is 55.7 Å². The van der Waals surface area contributed by atoms with E-state index in [1.54, 1.807) is 13.0 Å². The van der Waals surface area contributed by atoms with Gasteiger partial charge in [0.1, 0.15) is 5.69 Å². The van der Waals surface area contributed by atoms with E-state index in [1.807, 2.05) is 6.92 Å². The zero-order valence-electron chi connectivity index (χ0n) is 11.4. The first kappa shape index (κ1) is 14.4. The van der Waals surface area contributed by atoms with Gasteiger partial charge in [-0.05, 0) is 26.3 Å². The number of aromatic nitrogens is 2. The Bertz CT molecular complexity index is 386. The Labute approximate surface area is 108 Å². The van der Waals surface area contributed by atoms with Crippen molar-refractivity contribution >= 4 is 11.9 Å². The highest BCUT2D eigenvalue weighted by Crippen LogP contribution is 2.05. The monoisotopic (exact) mass is 250 g/mol. The van der Waals surface area contributed by atoms with Crippen molar-refractivity contribution in [3.63, 3.8) is 0 Å². The van der Waals surface area contributed by atoms with E-state index in [4.69, 9.17) is 5.73 Å². The second-order valence-electron chi connectivity index (χ2n) is 4.62. The van der Waals surface area contributed by atoms with E-state index >= 15 is 0 Å². The molecule has 1 aromatic heterocycles. The number of carbonyl (C=O) groups is 1. The fraction of sp³-hybridized carbons (Fsp3) is 0.615. The van der Waals surface area contributed by atoms with Crippen LogP contribution in [0.3, 0.4) is 0 Å². The van der Waals surface area contributed by atoms with E-state index in [9.17, 15) is 4.79 Å². The molecule has 1 unspecified atom stereocenters. The van der Waals surface area contributed by atoms with E-state index in [1.165, 1.54) is 12.8 Å². The molecule has 1 atom stereocenters. The maximum atomic E-state index is 11.9. The molecule has 1 heterocycles. The Kier molecular flexibility index (Phi) is 5.55. The number of carbonyl (C=O) groups excluding carboxylic acids is 1. The number of amides is 1. The van der Waals surface area contributed by atoms with Crippen molar-refractivity contribution < 1.29 is 4.79 Å². The van der Waals surface area contributed by atoms with Gasteiger partial charge in [0.05, 0.1) is 0 Å². The van der Waals surface area contributed by atoms with Crippen molar-refractivity contribution in [3.05, 3.63) is 17.5 Å². The Hall–Kier alpha value is -1.65. The third-order valence-electron chi connectivity index (χ3n) is 2.72. The third-order valence-corrected chi connectivity index (χ3v) is 2.72. The SMILES string of the molecule is CCCCCC(C)NC(=O)c1cc(C)nc(N)n1. The molecule has 0 aliphatic heterocycles. The number of hydrogen-bond donors (Lipinski definition) is 2. The highest BCUT2D eigenvalue weighted by Gasteiger charge is 2.12. The fourth-order valence-corrected chi connectivity index (χ4v) is 1.78. The smallest absolute Gasteiger partial charge is 0.270 e. The summed E-state index contributed by atoms with van der Waals surface area (Å²) in [5, 5.41) is 2.92. The maximum absolute atomic E-state index is 11.9. The molecule has 1 rings (SSSR count). The van der Waals surface area contributed by atoms with E-state index < -0.39 is 0 Å². The largest absolute Gasteiger partial charge is 0.368 e. The number of nitrogens with two attached hydrogens (primary N) is 1. The molecule has 100 valence electrons. The Morgan fingerprint density at radius 1 is 1.44 bits per heavy atom. The number of nitrogens with zero attached hydrogens (tertiary/aromatic N) is 2. The standard InChI is InChI=1S/C13H22N4O/c1-4-5-6-7-9(2)15-12(18)11-8-10(3)16-13(14)17-11/h8-9H,4-7H2,1-3H3,(H,15,18)(H2,14,16,17). The molecular formula is C13H22N4O. The van der Waals surface area contributed by atoms with Crippen molar-refractivity contribution in [1.82, 2.24) is 15.3 Å². The van der Waals surface area contributed by atoms with Crippen LogP contribution in [0.5, 0.6) is 0 Å². The molecule has 0 bridgehead atoms. The maximum Gasteiger partial charge on any atom is 0.270 e. The van der Waals surface area contributed by atoms with Gasteiger partial charge in [-0.1, -0.05) is 26.2 Å². The van der Waals surface area contributed by atoms with Gasteiger partial charge in [0.25, 0.3) is 5.91 Å². The predicted molar refractivity (Wildman–Crippen MR) is 72.3 cm³/mol. The second kappa shape index (κ2) is 6.93. The molecule has 0 saturated heterocycles. The van der Waals surface area contributed by atoms with Crippen LogP contribution in [0.15, 0.2) is 6.07 Å². The third kappa shape index (κ3) is 4.69. The second-order valence-corrected chi connectivity index (χ2v) is 4.62. The van der Waals surface area contributed by atoms with Gasteiger partial charge in [-0.15, -0.1) is 0 Å². The Morgan fingerprint density at radius 3 is 2.78 bits per heavy atom. The van der Waals surface area contributed by atoms with Crippen LogP contribution in [0.25, 0.3) is 0 Å². The van der Waals surface area contributed by atoms with Crippen LogP contribution < -0.4 is 11.1 Å². The predicted octanol–water partition coefficient (Wildman–Crippen LogP) is 2.07. The zero-order chi connectivity index (χ0) is 13.5. The summed E-state index contributed by atoms with van der Waals surface area (Å²) in [4.78, 5) is 19.8. The average Bonchev–Trinajstić information content (AvgIpc) is 2.28. The molecule has 5 heteroatoms. The number of nitrogens with one attached hydrogen (secondary N) is 1. The van der Waals surface area contributed by atoms with Gasteiger partial charge in [0, 0.05) is 11.7 Å². The van der Waals surface area contributed by atoms with Gasteiger partial charge in [-0.3, -0.25) is 4.79 Å². The quantitative estimate of drug-likeness (QED) is 0.757. The summed E-state index contributed by atoms with van der Waals surface area (Å²) in [6.45, 7) is 5.96.